The molecule has 1 aliphatic heterocycles. The first-order chi connectivity index (χ1) is 16.3. The van der Waals surface area contributed by atoms with Gasteiger partial charge in [0.1, 0.15) is 0 Å². The van der Waals surface area contributed by atoms with Gasteiger partial charge in [-0.05, 0) is 36.8 Å². The summed E-state index contributed by atoms with van der Waals surface area (Å²) in [5.41, 5.74) is 6.07. The minimum absolute atomic E-state index is 0. The Morgan fingerprint density at radius 2 is 1.50 bits per heavy atom. The van der Waals surface area contributed by atoms with Crippen LogP contribution in [0.5, 0.6) is 5.75 Å². The van der Waals surface area contributed by atoms with Gasteiger partial charge >= 0.3 is 82.7 Å². The molecular weight excluding hydrogens is 551 g/mol. The van der Waals surface area contributed by atoms with Crippen LogP contribution in [0, 0.1) is 12.0 Å². The molecule has 1 fully saturated rings. The molecule has 2 nitrogen and oxygen atoms in total. The minimum Gasteiger partial charge on any atom is -1.00 e. The van der Waals surface area contributed by atoms with E-state index in [1.165, 1.54) is 36.1 Å². The molecule has 2 aromatic rings. The third-order valence-electron chi connectivity index (χ3n) is 6.73. The Hall–Kier alpha value is -1.18. The van der Waals surface area contributed by atoms with Crippen LogP contribution >= 0.6 is 0 Å². The van der Waals surface area contributed by atoms with Crippen molar-refractivity contribution in [3.8, 4) is 5.75 Å². The van der Waals surface area contributed by atoms with Gasteiger partial charge in [-0.1, -0.05) is 79.0 Å². The van der Waals surface area contributed by atoms with Gasteiger partial charge in [0, 0.05) is 11.2 Å². The van der Waals surface area contributed by atoms with Crippen molar-refractivity contribution in [2.24, 2.45) is 5.41 Å². The number of nitrogens with zero attached hydrogens (tertiary/aromatic N) is 1. The van der Waals surface area contributed by atoms with E-state index >= 15 is 0 Å². The average molecular weight is 599 g/mol. The molecule has 1 saturated heterocycles. The van der Waals surface area contributed by atoms with E-state index in [0.29, 0.717) is 17.3 Å². The first kappa shape index (κ1) is 32.9. The molecule has 0 saturated carbocycles. The zero-order chi connectivity index (χ0) is 26.4. The second-order valence-electron chi connectivity index (χ2n) is 11.8. The van der Waals surface area contributed by atoms with Gasteiger partial charge in [-0.3, -0.25) is 0 Å². The van der Waals surface area contributed by atoms with E-state index in [2.05, 4.69) is 103 Å². The fraction of sp³-hybridized carbons (Fsp3) is 0.562. The molecule has 36 heavy (non-hydrogen) atoms. The maximum atomic E-state index is 5.59. The Labute approximate surface area is 238 Å². The smallest absolute Gasteiger partial charge is 0.0145 e. The topological polar surface area (TPSA) is 12.5 Å². The first-order valence-electron chi connectivity index (χ1n) is 13.3. The van der Waals surface area contributed by atoms with E-state index in [-0.39, 0.29) is 24.0 Å². The molecule has 0 amide bonds. The van der Waals surface area contributed by atoms with Gasteiger partial charge < -0.3 is 17.3 Å². The van der Waals surface area contributed by atoms with E-state index in [9.17, 15) is 0 Å². The molecule has 1 atom stereocenters. The zero-order valence-corrected chi connectivity index (χ0v) is 26.6. The van der Waals surface area contributed by atoms with E-state index in [1.54, 1.807) is 0 Å². The number of hydrogen-bond donors (Lipinski definition) is 0. The van der Waals surface area contributed by atoms with E-state index in [1.807, 2.05) is 42.7 Å². The van der Waals surface area contributed by atoms with Gasteiger partial charge in [0.15, 0.2) is 0 Å². The van der Waals surface area contributed by atoms with E-state index in [0.717, 1.165) is 11.3 Å². The fourth-order valence-corrected chi connectivity index (χ4v) is 5.83. The van der Waals surface area contributed by atoms with Crippen molar-refractivity contribution in [2.45, 2.75) is 112 Å². The van der Waals surface area contributed by atoms with Crippen LogP contribution in [0.4, 0.5) is 5.69 Å². The molecule has 0 aliphatic carbocycles. The Balaban J connectivity index is 0.000000422. The summed E-state index contributed by atoms with van der Waals surface area (Å²) >= 11 is 2.49. The standard InChI is InChI=1S/C22H36N.C10H12O.ClH.Ru/c1-9-13-22(8)14-21(6,7)23(15-22)20-18(16(2)3)11-10-12-19(20)17(4)5;1-8(2)11-10-7-5-4-6-9(10)3;;/h10-12,15-17H,9,13-14H2,1-8H3;3-8H,1-2H3;1H;/q-1;;;+1/p-1. The van der Waals surface area contributed by atoms with Crippen molar-refractivity contribution in [1.82, 2.24) is 0 Å². The molecule has 0 radical (unpaired) electrons. The van der Waals surface area contributed by atoms with Crippen LogP contribution in [0.3, 0.4) is 0 Å². The predicted molar refractivity (Wildman–Crippen MR) is 150 cm³/mol. The van der Waals surface area contributed by atoms with Crippen molar-refractivity contribution in [3.05, 3.63) is 65.7 Å². The van der Waals surface area contributed by atoms with Crippen LogP contribution in [-0.2, 0) is 17.9 Å². The van der Waals surface area contributed by atoms with Crippen molar-refractivity contribution in [1.29, 1.82) is 0 Å². The summed E-state index contributed by atoms with van der Waals surface area (Å²) < 4.78 is 7.58. The van der Waals surface area contributed by atoms with Gasteiger partial charge in [0.05, 0.1) is 0 Å². The van der Waals surface area contributed by atoms with Gasteiger partial charge in [-0.15, -0.1) is 5.41 Å². The van der Waals surface area contributed by atoms with E-state index < -0.39 is 0 Å². The summed E-state index contributed by atoms with van der Waals surface area (Å²) in [7, 11) is 0. The summed E-state index contributed by atoms with van der Waals surface area (Å²) in [5.74, 6) is 2.04. The maximum Gasteiger partial charge on any atom is 0.0145 e. The monoisotopic (exact) mass is 599 g/mol. The molecule has 1 heterocycles. The summed E-state index contributed by atoms with van der Waals surface area (Å²) in [4.78, 5) is 2.62. The van der Waals surface area contributed by atoms with Crippen LogP contribution in [-0.4, -0.2) is 16.3 Å². The number of para-hydroxylation sites is 2. The van der Waals surface area contributed by atoms with Gasteiger partial charge in [-0.25, -0.2) is 6.54 Å². The number of anilines is 1. The Morgan fingerprint density at radius 1 is 0.944 bits per heavy atom. The molecule has 4 heteroatoms. The second kappa shape index (κ2) is 14.1. The molecule has 2 aromatic carbocycles. The first-order valence-corrected chi connectivity index (χ1v) is 14.3. The molecule has 1 unspecified atom stereocenters. The summed E-state index contributed by atoms with van der Waals surface area (Å²) in [5, 5.41) is 0. The third kappa shape index (κ3) is 8.42. The SMILES string of the molecule is CC(C)Oc1ccccc1[CH]=[Ru+].CCCC1(C)[CH-]N(c2c(C(C)C)cccc2C(C)C)C(C)(C)C1.[Cl-]. The van der Waals surface area contributed by atoms with Crippen molar-refractivity contribution in [2.75, 3.05) is 4.90 Å². The largest absolute Gasteiger partial charge is 1.00 e. The average Bonchev–Trinajstić information content (AvgIpc) is 3.01. The predicted octanol–water partition coefficient (Wildman–Crippen LogP) is 6.07. The number of halogens is 1. The molecular formula is C32H48ClNORu-. The molecule has 203 valence electrons. The maximum absolute atomic E-state index is 5.59. The number of rotatable bonds is 8. The molecule has 0 spiro atoms. The summed E-state index contributed by atoms with van der Waals surface area (Å²) in [6, 6.07) is 14.9. The number of ether oxygens (including phenoxy) is 1. The molecule has 3 rings (SSSR count). The van der Waals surface area contributed by atoms with E-state index in [4.69, 9.17) is 4.74 Å². The second-order valence-corrected chi connectivity index (χ2v) is 12.3. The van der Waals surface area contributed by atoms with Gasteiger partial charge in [-0.2, -0.15) is 0 Å². The van der Waals surface area contributed by atoms with Crippen molar-refractivity contribution < 1.29 is 35.0 Å². The number of benzene rings is 2. The van der Waals surface area contributed by atoms with Crippen molar-refractivity contribution >= 4 is 10.3 Å². The third-order valence-corrected chi connectivity index (χ3v) is 7.27. The van der Waals surface area contributed by atoms with Gasteiger partial charge in [0.2, 0.25) is 0 Å². The van der Waals surface area contributed by atoms with Crippen LogP contribution in [0.2, 0.25) is 0 Å². The Morgan fingerprint density at radius 3 is 1.97 bits per heavy atom. The quantitative estimate of drug-likeness (QED) is 0.270. The van der Waals surface area contributed by atoms with Crippen LogP contribution < -0.4 is 22.0 Å². The molecule has 1 aliphatic rings. The fourth-order valence-electron chi connectivity index (χ4n) is 5.41. The zero-order valence-electron chi connectivity index (χ0n) is 24.1. The summed E-state index contributed by atoms with van der Waals surface area (Å²) in [6.45, 7) is 25.4. The Bertz CT molecular complexity index is 942. The number of hydrogen-bond acceptors (Lipinski definition) is 2. The van der Waals surface area contributed by atoms with Gasteiger partial charge in [0.25, 0.3) is 0 Å². The van der Waals surface area contributed by atoms with Crippen molar-refractivity contribution in [3.63, 3.8) is 0 Å². The summed E-state index contributed by atoms with van der Waals surface area (Å²) in [6.07, 6.45) is 3.99. The normalized spacial score (nSPS) is 18.6. The van der Waals surface area contributed by atoms with Crippen LogP contribution in [0.25, 0.3) is 0 Å². The Kier molecular flexibility index (Phi) is 12.9. The molecule has 0 aromatic heterocycles. The molecule has 0 N–H and O–H groups in total. The minimum atomic E-state index is 0. The van der Waals surface area contributed by atoms with Crippen LogP contribution in [0.15, 0.2) is 42.5 Å². The van der Waals surface area contributed by atoms with Crippen LogP contribution in [0.1, 0.15) is 117 Å². The molecule has 0 bridgehead atoms.